The van der Waals surface area contributed by atoms with Crippen molar-refractivity contribution in [1.82, 2.24) is 20.3 Å². The van der Waals surface area contributed by atoms with E-state index in [1.807, 2.05) is 23.1 Å². The van der Waals surface area contributed by atoms with E-state index in [2.05, 4.69) is 34.6 Å². The molecule has 2 aliphatic rings. The lowest BCUT2D eigenvalue weighted by Gasteiger charge is -2.44. The highest BCUT2D eigenvalue weighted by molar-refractivity contribution is 5.96. The van der Waals surface area contributed by atoms with Crippen LogP contribution < -0.4 is 5.32 Å². The molecule has 1 N–H and O–H groups in total. The fraction of sp³-hybridized carbons (Fsp3) is 0.500. The highest BCUT2D eigenvalue weighted by Crippen LogP contribution is 2.48. The topological polar surface area (TPSA) is 78.7 Å². The predicted molar refractivity (Wildman–Crippen MR) is 108 cm³/mol. The minimum atomic E-state index is -0.478. The first-order valence-electron chi connectivity index (χ1n) is 10.1. The minimum Gasteiger partial charge on any atom is -0.361 e. The standard InChI is InChI=1S/C22H28N4O3/c1-14-19(15(2)29-24-14)21(28)26-13-22(23-16(3)27)12-25(4)11-10-18(22)20(26)17-8-6-5-7-9-17/h5-9,18,20H,10-13H2,1-4H3,(H,23,27)/t18-,20-,22-/m1/s1. The van der Waals surface area contributed by atoms with Crippen LogP contribution in [0, 0.1) is 19.8 Å². The smallest absolute Gasteiger partial charge is 0.259 e. The largest absolute Gasteiger partial charge is 0.361 e. The van der Waals surface area contributed by atoms with Crippen molar-refractivity contribution in [2.45, 2.75) is 38.8 Å². The molecule has 29 heavy (non-hydrogen) atoms. The number of amides is 2. The highest BCUT2D eigenvalue weighted by Gasteiger charge is 2.57. The molecule has 0 radical (unpaired) electrons. The Morgan fingerprint density at radius 2 is 1.93 bits per heavy atom. The molecule has 0 bridgehead atoms. The van der Waals surface area contributed by atoms with Gasteiger partial charge in [-0.15, -0.1) is 0 Å². The predicted octanol–water partition coefficient (Wildman–Crippen LogP) is 2.32. The van der Waals surface area contributed by atoms with Crippen LogP contribution in [-0.4, -0.2) is 59.0 Å². The molecule has 3 heterocycles. The lowest BCUT2D eigenvalue weighted by Crippen LogP contribution is -2.63. The van der Waals surface area contributed by atoms with Crippen molar-refractivity contribution in [3.63, 3.8) is 0 Å². The monoisotopic (exact) mass is 396 g/mol. The van der Waals surface area contributed by atoms with Gasteiger partial charge in [0.05, 0.1) is 17.3 Å². The first-order valence-corrected chi connectivity index (χ1v) is 10.1. The maximum Gasteiger partial charge on any atom is 0.259 e. The zero-order valence-corrected chi connectivity index (χ0v) is 17.4. The molecule has 4 rings (SSSR count). The van der Waals surface area contributed by atoms with Crippen molar-refractivity contribution in [3.05, 3.63) is 52.9 Å². The molecule has 0 aliphatic carbocycles. The first-order chi connectivity index (χ1) is 13.8. The van der Waals surface area contributed by atoms with Gasteiger partial charge in [-0.3, -0.25) is 9.59 Å². The van der Waals surface area contributed by atoms with Crippen molar-refractivity contribution < 1.29 is 14.1 Å². The number of rotatable bonds is 3. The number of nitrogens with zero attached hydrogens (tertiary/aromatic N) is 3. The van der Waals surface area contributed by atoms with Crippen LogP contribution in [0.4, 0.5) is 0 Å². The number of piperidine rings is 1. The Morgan fingerprint density at radius 1 is 1.21 bits per heavy atom. The molecule has 2 amide bonds. The molecule has 0 spiro atoms. The molecule has 7 heteroatoms. The quantitative estimate of drug-likeness (QED) is 0.861. The fourth-order valence-electron chi connectivity index (χ4n) is 5.28. The number of hydrogen-bond acceptors (Lipinski definition) is 5. The van der Waals surface area contributed by atoms with Gasteiger partial charge in [-0.25, -0.2) is 0 Å². The fourth-order valence-corrected chi connectivity index (χ4v) is 5.28. The Kier molecular flexibility index (Phi) is 4.94. The number of fused-ring (bicyclic) bond motifs is 1. The Balaban J connectivity index is 1.82. The normalized spacial score (nSPS) is 27.0. The number of carbonyl (C=O) groups is 2. The van der Waals surface area contributed by atoms with Gasteiger partial charge in [0.1, 0.15) is 11.3 Å². The molecule has 154 valence electrons. The Labute approximate surface area is 171 Å². The van der Waals surface area contributed by atoms with E-state index in [0.29, 0.717) is 30.1 Å². The zero-order valence-electron chi connectivity index (χ0n) is 17.4. The molecule has 0 saturated carbocycles. The zero-order chi connectivity index (χ0) is 20.8. The van der Waals surface area contributed by atoms with Crippen LogP contribution in [0.3, 0.4) is 0 Å². The molecular formula is C22H28N4O3. The average Bonchev–Trinajstić information content (AvgIpc) is 3.17. The summed E-state index contributed by atoms with van der Waals surface area (Å²) < 4.78 is 5.27. The van der Waals surface area contributed by atoms with Crippen LogP contribution in [0.15, 0.2) is 34.9 Å². The summed E-state index contributed by atoms with van der Waals surface area (Å²) >= 11 is 0. The van der Waals surface area contributed by atoms with E-state index in [4.69, 9.17) is 4.52 Å². The second-order valence-electron chi connectivity index (χ2n) is 8.46. The summed E-state index contributed by atoms with van der Waals surface area (Å²) in [6.07, 6.45) is 0.904. The Bertz CT molecular complexity index is 906. The number of aryl methyl sites for hydroxylation is 2. The maximum atomic E-state index is 13.7. The number of aromatic nitrogens is 1. The summed E-state index contributed by atoms with van der Waals surface area (Å²) in [5.74, 6) is 0.509. The second kappa shape index (κ2) is 7.30. The molecule has 3 atom stereocenters. The van der Waals surface area contributed by atoms with Gasteiger partial charge in [-0.2, -0.15) is 0 Å². The second-order valence-corrected chi connectivity index (χ2v) is 8.46. The maximum absolute atomic E-state index is 13.7. The van der Waals surface area contributed by atoms with Crippen molar-refractivity contribution in [3.8, 4) is 0 Å². The number of carbonyl (C=O) groups excluding carboxylic acids is 2. The van der Waals surface area contributed by atoms with Crippen LogP contribution in [-0.2, 0) is 4.79 Å². The van der Waals surface area contributed by atoms with Gasteiger partial charge in [-0.1, -0.05) is 35.5 Å². The number of likely N-dealkylation sites (tertiary alicyclic amines) is 2. The Hall–Kier alpha value is -2.67. The van der Waals surface area contributed by atoms with Gasteiger partial charge in [0.15, 0.2) is 0 Å². The van der Waals surface area contributed by atoms with E-state index in [1.165, 1.54) is 0 Å². The average molecular weight is 396 g/mol. The lowest BCUT2D eigenvalue weighted by atomic mass is 9.76. The van der Waals surface area contributed by atoms with E-state index in [9.17, 15) is 9.59 Å². The van der Waals surface area contributed by atoms with Gasteiger partial charge in [0.2, 0.25) is 5.91 Å². The SMILES string of the molecule is CC(=O)N[C@@]12CN(C)CC[C@@H]1[C@@H](c1ccccc1)N(C(=O)c1c(C)noc1C)C2. The number of hydrogen-bond donors (Lipinski definition) is 1. The van der Waals surface area contributed by atoms with E-state index in [0.717, 1.165) is 18.5 Å². The number of benzene rings is 1. The molecule has 1 aromatic heterocycles. The van der Waals surface area contributed by atoms with E-state index in [1.54, 1.807) is 20.8 Å². The van der Waals surface area contributed by atoms with Crippen molar-refractivity contribution in [2.24, 2.45) is 5.92 Å². The summed E-state index contributed by atoms with van der Waals surface area (Å²) in [5.41, 5.74) is 1.73. The lowest BCUT2D eigenvalue weighted by molar-refractivity contribution is -0.122. The van der Waals surface area contributed by atoms with Crippen LogP contribution in [0.5, 0.6) is 0 Å². The molecule has 2 aromatic rings. The Morgan fingerprint density at radius 3 is 2.55 bits per heavy atom. The molecule has 2 aliphatic heterocycles. The molecule has 2 fully saturated rings. The molecule has 7 nitrogen and oxygen atoms in total. The van der Waals surface area contributed by atoms with E-state index < -0.39 is 5.54 Å². The van der Waals surface area contributed by atoms with Gasteiger partial charge in [0.25, 0.3) is 5.91 Å². The van der Waals surface area contributed by atoms with Crippen LogP contribution in [0.25, 0.3) is 0 Å². The van der Waals surface area contributed by atoms with Gasteiger partial charge < -0.3 is 19.6 Å². The summed E-state index contributed by atoms with van der Waals surface area (Å²) in [6, 6.07) is 10.0. The van der Waals surface area contributed by atoms with Crippen molar-refractivity contribution in [2.75, 3.05) is 26.7 Å². The van der Waals surface area contributed by atoms with E-state index >= 15 is 0 Å². The summed E-state index contributed by atoms with van der Waals surface area (Å²) in [7, 11) is 2.07. The highest BCUT2D eigenvalue weighted by atomic mass is 16.5. The summed E-state index contributed by atoms with van der Waals surface area (Å²) in [5, 5.41) is 7.21. The minimum absolute atomic E-state index is 0.0660. The third kappa shape index (κ3) is 3.33. The number of likely N-dealkylation sites (N-methyl/N-ethyl adjacent to an activating group) is 1. The van der Waals surface area contributed by atoms with Gasteiger partial charge in [0, 0.05) is 25.9 Å². The number of nitrogens with one attached hydrogen (secondary N) is 1. The molecular weight excluding hydrogens is 368 g/mol. The van der Waals surface area contributed by atoms with Crippen molar-refractivity contribution >= 4 is 11.8 Å². The summed E-state index contributed by atoms with van der Waals surface area (Å²) in [4.78, 5) is 30.0. The molecule has 2 saturated heterocycles. The van der Waals surface area contributed by atoms with E-state index in [-0.39, 0.29) is 23.8 Å². The molecule has 0 unspecified atom stereocenters. The third-order valence-electron chi connectivity index (χ3n) is 6.33. The van der Waals surface area contributed by atoms with Crippen LogP contribution in [0.2, 0.25) is 0 Å². The molecule has 1 aromatic carbocycles. The van der Waals surface area contributed by atoms with Gasteiger partial charge in [-0.05, 0) is 39.4 Å². The van der Waals surface area contributed by atoms with Crippen molar-refractivity contribution in [1.29, 1.82) is 0 Å². The van der Waals surface area contributed by atoms with Gasteiger partial charge >= 0.3 is 0 Å². The van der Waals surface area contributed by atoms with Crippen LogP contribution >= 0.6 is 0 Å². The third-order valence-corrected chi connectivity index (χ3v) is 6.33. The summed E-state index contributed by atoms with van der Waals surface area (Å²) in [6.45, 7) is 7.22. The van der Waals surface area contributed by atoms with Crippen LogP contribution in [0.1, 0.15) is 46.8 Å². The first kappa shape index (κ1) is 19.6.